The van der Waals surface area contributed by atoms with Crippen molar-refractivity contribution in [3.8, 4) is 0 Å². The van der Waals surface area contributed by atoms with Crippen LogP contribution in [0.2, 0.25) is 10.0 Å². The third-order valence-corrected chi connectivity index (χ3v) is 4.79. The van der Waals surface area contributed by atoms with Crippen molar-refractivity contribution in [2.24, 2.45) is 0 Å². The number of benzene rings is 3. The molecular formula is C20H16Cl2O. The molecule has 3 heteroatoms. The Morgan fingerprint density at radius 3 is 1.48 bits per heavy atom. The van der Waals surface area contributed by atoms with Gasteiger partial charge in [0.05, 0.1) is 12.0 Å². The lowest BCUT2D eigenvalue weighted by Crippen LogP contribution is -2.34. The van der Waals surface area contributed by atoms with Crippen molar-refractivity contribution in [3.63, 3.8) is 0 Å². The lowest BCUT2D eigenvalue weighted by Gasteiger charge is -2.35. The van der Waals surface area contributed by atoms with E-state index in [2.05, 4.69) is 0 Å². The van der Waals surface area contributed by atoms with Gasteiger partial charge < -0.3 is 5.11 Å². The van der Waals surface area contributed by atoms with Crippen LogP contribution in [0.1, 0.15) is 16.7 Å². The number of hydrogen-bond donors (Lipinski definition) is 1. The van der Waals surface area contributed by atoms with E-state index in [1.54, 1.807) is 12.1 Å². The first kappa shape index (κ1) is 16.1. The number of halogens is 2. The van der Waals surface area contributed by atoms with E-state index in [1.807, 2.05) is 66.7 Å². The number of hydrogen-bond acceptors (Lipinski definition) is 1. The van der Waals surface area contributed by atoms with Crippen LogP contribution >= 0.6 is 23.2 Å². The summed E-state index contributed by atoms with van der Waals surface area (Å²) in [7, 11) is 0. The maximum atomic E-state index is 10.5. The van der Waals surface area contributed by atoms with E-state index < -0.39 is 5.41 Å². The molecule has 3 aromatic carbocycles. The van der Waals surface area contributed by atoms with E-state index in [9.17, 15) is 5.11 Å². The molecule has 0 radical (unpaired) electrons. The normalized spacial score (nSPS) is 11.4. The first-order valence-electron chi connectivity index (χ1n) is 7.36. The zero-order chi connectivity index (χ0) is 16.3. The molecule has 0 saturated carbocycles. The summed E-state index contributed by atoms with van der Waals surface area (Å²) in [6.07, 6.45) is 0. The van der Waals surface area contributed by atoms with Crippen LogP contribution in [0.25, 0.3) is 0 Å². The molecule has 0 aliphatic heterocycles. The van der Waals surface area contributed by atoms with Gasteiger partial charge in [-0.1, -0.05) is 89.9 Å². The van der Waals surface area contributed by atoms with Crippen LogP contribution in [-0.4, -0.2) is 11.7 Å². The van der Waals surface area contributed by atoms with Gasteiger partial charge in [-0.05, 0) is 23.3 Å². The Morgan fingerprint density at radius 2 is 1.09 bits per heavy atom. The van der Waals surface area contributed by atoms with Crippen LogP contribution < -0.4 is 0 Å². The van der Waals surface area contributed by atoms with Gasteiger partial charge in [-0.3, -0.25) is 0 Å². The Morgan fingerprint density at radius 1 is 0.652 bits per heavy atom. The third-order valence-electron chi connectivity index (χ3n) is 4.16. The van der Waals surface area contributed by atoms with Gasteiger partial charge in [0.25, 0.3) is 0 Å². The maximum Gasteiger partial charge on any atom is 0.0711 e. The predicted molar refractivity (Wildman–Crippen MR) is 96.3 cm³/mol. The summed E-state index contributed by atoms with van der Waals surface area (Å²) in [4.78, 5) is 0. The maximum absolute atomic E-state index is 10.5. The molecule has 1 nitrogen and oxygen atoms in total. The van der Waals surface area contributed by atoms with Gasteiger partial charge in [0.2, 0.25) is 0 Å². The third kappa shape index (κ3) is 2.76. The molecule has 3 aromatic rings. The van der Waals surface area contributed by atoms with Gasteiger partial charge in [-0.25, -0.2) is 0 Å². The smallest absolute Gasteiger partial charge is 0.0711 e. The minimum atomic E-state index is -0.808. The Kier molecular flexibility index (Phi) is 4.72. The Balaban J connectivity index is 2.39. The minimum absolute atomic E-state index is 0.134. The SMILES string of the molecule is OCC(c1ccccc1)(c1ccccc1)c1c(Cl)cccc1Cl. The van der Waals surface area contributed by atoms with E-state index in [-0.39, 0.29) is 6.61 Å². The zero-order valence-electron chi connectivity index (χ0n) is 12.4. The summed E-state index contributed by atoms with van der Waals surface area (Å²) >= 11 is 13.0. The average Bonchev–Trinajstić information content (AvgIpc) is 2.60. The van der Waals surface area contributed by atoms with Gasteiger partial charge in [-0.2, -0.15) is 0 Å². The Bertz CT molecular complexity index is 726. The van der Waals surface area contributed by atoms with Crippen LogP contribution in [-0.2, 0) is 5.41 Å². The van der Waals surface area contributed by atoms with Crippen molar-refractivity contribution in [1.82, 2.24) is 0 Å². The standard InChI is InChI=1S/C20H16Cl2O/c21-17-12-7-13-18(22)19(17)20(14-23,15-8-3-1-4-9-15)16-10-5-2-6-11-16/h1-13,23H,14H2. The van der Waals surface area contributed by atoms with Crippen molar-refractivity contribution in [2.75, 3.05) is 6.61 Å². The lowest BCUT2D eigenvalue weighted by molar-refractivity contribution is 0.243. The Labute approximate surface area is 146 Å². The summed E-state index contributed by atoms with van der Waals surface area (Å²) < 4.78 is 0. The van der Waals surface area contributed by atoms with Crippen molar-refractivity contribution in [2.45, 2.75) is 5.41 Å². The van der Waals surface area contributed by atoms with Gasteiger partial charge in [0.15, 0.2) is 0 Å². The molecule has 116 valence electrons. The minimum Gasteiger partial charge on any atom is -0.395 e. The van der Waals surface area contributed by atoms with Crippen molar-refractivity contribution >= 4 is 23.2 Å². The van der Waals surface area contributed by atoms with Gasteiger partial charge >= 0.3 is 0 Å². The largest absolute Gasteiger partial charge is 0.395 e. The molecule has 0 atom stereocenters. The molecule has 0 aliphatic rings. The molecular weight excluding hydrogens is 327 g/mol. The fraction of sp³-hybridized carbons (Fsp3) is 0.100. The molecule has 0 bridgehead atoms. The highest BCUT2D eigenvalue weighted by Gasteiger charge is 2.39. The van der Waals surface area contributed by atoms with E-state index in [0.717, 1.165) is 16.7 Å². The van der Waals surface area contributed by atoms with E-state index in [1.165, 1.54) is 0 Å². The molecule has 0 unspecified atom stereocenters. The number of rotatable bonds is 4. The summed E-state index contributed by atoms with van der Waals surface area (Å²) in [5.41, 5.74) is 1.81. The first-order valence-corrected chi connectivity index (χ1v) is 8.12. The second-order valence-electron chi connectivity index (χ2n) is 5.39. The Hall–Kier alpha value is -1.80. The predicted octanol–water partition coefficient (Wildman–Crippen LogP) is 5.32. The van der Waals surface area contributed by atoms with Crippen molar-refractivity contribution in [3.05, 3.63) is 106 Å². The highest BCUT2D eigenvalue weighted by atomic mass is 35.5. The summed E-state index contributed by atoms with van der Waals surface area (Å²) in [6, 6.07) is 25.1. The highest BCUT2D eigenvalue weighted by Crippen LogP contribution is 2.45. The van der Waals surface area contributed by atoms with Crippen LogP contribution in [0.3, 0.4) is 0 Å². The summed E-state index contributed by atoms with van der Waals surface area (Å²) in [5.74, 6) is 0. The molecule has 0 heterocycles. The van der Waals surface area contributed by atoms with Crippen LogP contribution in [0.5, 0.6) is 0 Å². The fourth-order valence-corrected chi connectivity index (χ4v) is 3.79. The molecule has 0 saturated heterocycles. The molecule has 0 fully saturated rings. The molecule has 0 spiro atoms. The quantitative estimate of drug-likeness (QED) is 0.636. The van der Waals surface area contributed by atoms with Gasteiger partial charge in [0, 0.05) is 15.6 Å². The van der Waals surface area contributed by atoms with Gasteiger partial charge in [-0.15, -0.1) is 0 Å². The van der Waals surface area contributed by atoms with E-state index in [4.69, 9.17) is 23.2 Å². The second-order valence-corrected chi connectivity index (χ2v) is 6.21. The zero-order valence-corrected chi connectivity index (χ0v) is 13.9. The van der Waals surface area contributed by atoms with Crippen molar-refractivity contribution in [1.29, 1.82) is 0 Å². The lowest BCUT2D eigenvalue weighted by atomic mass is 9.70. The second kappa shape index (κ2) is 6.76. The monoisotopic (exact) mass is 342 g/mol. The molecule has 3 rings (SSSR count). The van der Waals surface area contributed by atoms with E-state index >= 15 is 0 Å². The molecule has 23 heavy (non-hydrogen) atoms. The summed E-state index contributed by atoms with van der Waals surface area (Å²) in [5, 5.41) is 11.6. The van der Waals surface area contributed by atoms with Gasteiger partial charge in [0.1, 0.15) is 0 Å². The first-order chi connectivity index (χ1) is 11.2. The van der Waals surface area contributed by atoms with Crippen LogP contribution in [0, 0.1) is 0 Å². The van der Waals surface area contributed by atoms with Crippen molar-refractivity contribution < 1.29 is 5.11 Å². The number of aliphatic hydroxyl groups is 1. The molecule has 1 N–H and O–H groups in total. The van der Waals surface area contributed by atoms with Crippen LogP contribution in [0.4, 0.5) is 0 Å². The molecule has 0 amide bonds. The topological polar surface area (TPSA) is 20.2 Å². The number of aliphatic hydroxyl groups excluding tert-OH is 1. The molecule has 0 aromatic heterocycles. The fourth-order valence-electron chi connectivity index (χ4n) is 3.07. The average molecular weight is 343 g/mol. The highest BCUT2D eigenvalue weighted by molar-refractivity contribution is 6.36. The van der Waals surface area contributed by atoms with E-state index in [0.29, 0.717) is 10.0 Å². The summed E-state index contributed by atoms with van der Waals surface area (Å²) in [6.45, 7) is -0.134. The van der Waals surface area contributed by atoms with Crippen LogP contribution in [0.15, 0.2) is 78.9 Å². The molecule has 0 aliphatic carbocycles.